The fraction of sp³-hybridized carbons (Fsp3) is 0.312. The molecule has 0 atom stereocenters. The van der Waals surface area contributed by atoms with Crippen LogP contribution in [0.1, 0.15) is 36.2 Å². The lowest BCUT2D eigenvalue weighted by Gasteiger charge is -2.22. The van der Waals surface area contributed by atoms with Gasteiger partial charge in [0.05, 0.1) is 11.0 Å². The summed E-state index contributed by atoms with van der Waals surface area (Å²) in [6.07, 6.45) is 9.07. The maximum absolute atomic E-state index is 12.7. The van der Waals surface area contributed by atoms with Gasteiger partial charge in [-0.25, -0.2) is 15.0 Å². The topological polar surface area (TPSA) is 106 Å². The second-order valence-electron chi connectivity index (χ2n) is 5.87. The monoisotopic (exact) mass is 324 g/mol. The van der Waals surface area contributed by atoms with Crippen LogP contribution in [-0.4, -0.2) is 42.2 Å². The highest BCUT2D eigenvalue weighted by Crippen LogP contribution is 2.18. The molecule has 0 saturated heterocycles. The molecule has 1 aliphatic rings. The lowest BCUT2D eigenvalue weighted by Crippen LogP contribution is -2.38. The number of nitrogens with zero attached hydrogens (tertiary/aromatic N) is 4. The summed E-state index contributed by atoms with van der Waals surface area (Å²) in [5.41, 5.74) is 1.56. The van der Waals surface area contributed by atoms with Crippen LogP contribution < -0.4 is 5.32 Å². The molecular formula is C16H16N6O2. The highest BCUT2D eigenvalue weighted by atomic mass is 16.2. The molecule has 0 aliphatic heterocycles. The first-order chi connectivity index (χ1) is 11.7. The maximum atomic E-state index is 12.7. The summed E-state index contributed by atoms with van der Waals surface area (Å²) in [5, 5.41) is 2.98. The average Bonchev–Trinajstić information content (AvgIpc) is 3.27. The van der Waals surface area contributed by atoms with E-state index < -0.39 is 0 Å². The van der Waals surface area contributed by atoms with Gasteiger partial charge in [-0.05, 0) is 18.9 Å². The molecule has 122 valence electrons. The molecule has 8 nitrogen and oxygen atoms in total. The van der Waals surface area contributed by atoms with Gasteiger partial charge in [0.1, 0.15) is 12.1 Å². The lowest BCUT2D eigenvalue weighted by atomic mass is 9.94. The van der Waals surface area contributed by atoms with Crippen LogP contribution in [0.3, 0.4) is 0 Å². The van der Waals surface area contributed by atoms with Crippen LogP contribution in [0, 0.1) is 0 Å². The van der Waals surface area contributed by atoms with Crippen molar-refractivity contribution in [1.82, 2.24) is 29.8 Å². The van der Waals surface area contributed by atoms with Crippen LogP contribution in [0.4, 0.5) is 0 Å². The van der Waals surface area contributed by atoms with Crippen LogP contribution >= 0.6 is 0 Å². The Balaban J connectivity index is 1.66. The van der Waals surface area contributed by atoms with Gasteiger partial charge in [-0.15, -0.1) is 0 Å². The number of Topliss-reactive ketones (excluding diaryl/α,β-unsaturated/α-hetero) is 1. The van der Waals surface area contributed by atoms with E-state index in [0.29, 0.717) is 48.4 Å². The van der Waals surface area contributed by atoms with E-state index in [1.54, 1.807) is 35.6 Å². The third-order valence-electron chi connectivity index (χ3n) is 4.22. The van der Waals surface area contributed by atoms with Crippen molar-refractivity contribution in [2.24, 2.45) is 0 Å². The Morgan fingerprint density at radius 3 is 2.88 bits per heavy atom. The number of nitrogens with one attached hydrogen (secondary N) is 2. The fourth-order valence-electron chi connectivity index (χ4n) is 2.93. The summed E-state index contributed by atoms with van der Waals surface area (Å²) in [6, 6.07) is 1.81. The largest absolute Gasteiger partial charge is 0.358 e. The molecule has 8 heteroatoms. The Morgan fingerprint density at radius 2 is 2.12 bits per heavy atom. The number of aromatic amines is 1. The van der Waals surface area contributed by atoms with Gasteiger partial charge < -0.3 is 10.3 Å². The third-order valence-corrected chi connectivity index (χ3v) is 4.22. The number of amides is 1. The minimum atomic E-state index is -0.259. The smallest absolute Gasteiger partial charge is 0.272 e. The summed E-state index contributed by atoms with van der Waals surface area (Å²) >= 11 is 0. The number of aromatic nitrogens is 5. The summed E-state index contributed by atoms with van der Waals surface area (Å²) < 4.78 is 1.66. The molecule has 1 fully saturated rings. The quantitative estimate of drug-likeness (QED) is 0.757. The third kappa shape index (κ3) is 2.66. The molecule has 1 aliphatic carbocycles. The highest BCUT2D eigenvalue weighted by molar-refractivity contribution is 6.03. The molecule has 0 radical (unpaired) electrons. The minimum absolute atomic E-state index is 0.00636. The Bertz CT molecular complexity index is 889. The Morgan fingerprint density at radius 1 is 1.29 bits per heavy atom. The van der Waals surface area contributed by atoms with Crippen molar-refractivity contribution in [3.63, 3.8) is 0 Å². The van der Waals surface area contributed by atoms with Crippen molar-refractivity contribution in [1.29, 1.82) is 0 Å². The highest BCUT2D eigenvalue weighted by Gasteiger charge is 2.23. The number of imidazole rings is 1. The number of hydrogen-bond acceptors (Lipinski definition) is 5. The number of carbonyl (C=O) groups excluding carboxylic acids is 2. The van der Waals surface area contributed by atoms with E-state index in [-0.39, 0.29) is 17.7 Å². The normalized spacial score (nSPS) is 15.8. The summed E-state index contributed by atoms with van der Waals surface area (Å²) in [5.74, 6) is 0.394. The summed E-state index contributed by atoms with van der Waals surface area (Å²) in [4.78, 5) is 39.9. The second-order valence-corrected chi connectivity index (χ2v) is 5.87. The van der Waals surface area contributed by atoms with E-state index in [4.69, 9.17) is 0 Å². The standard InChI is InChI=1S/C16H16N6O2/c23-11-3-1-10(2-4-11)19-15(24)14-13-12(5-6-18-13)20-16(21-14)22-8-7-17-9-22/h5-10,18H,1-4H2,(H,19,24). The second kappa shape index (κ2) is 5.88. The lowest BCUT2D eigenvalue weighted by molar-refractivity contribution is -0.120. The van der Waals surface area contributed by atoms with Gasteiger partial charge in [0.25, 0.3) is 5.91 Å². The first kappa shape index (κ1) is 14.6. The molecule has 1 saturated carbocycles. The van der Waals surface area contributed by atoms with E-state index in [9.17, 15) is 9.59 Å². The first-order valence-electron chi connectivity index (χ1n) is 7.87. The zero-order chi connectivity index (χ0) is 16.5. The van der Waals surface area contributed by atoms with Gasteiger partial charge >= 0.3 is 0 Å². The Hall–Kier alpha value is -3.03. The summed E-state index contributed by atoms with van der Waals surface area (Å²) in [6.45, 7) is 0. The Labute approximate surface area is 137 Å². The number of ketones is 1. The predicted octanol–water partition coefficient (Wildman–Crippen LogP) is 1.39. The number of hydrogen-bond donors (Lipinski definition) is 2. The maximum Gasteiger partial charge on any atom is 0.272 e. The van der Waals surface area contributed by atoms with E-state index in [0.717, 1.165) is 0 Å². The average molecular weight is 324 g/mol. The minimum Gasteiger partial charge on any atom is -0.358 e. The molecule has 4 rings (SSSR count). The molecule has 24 heavy (non-hydrogen) atoms. The molecule has 1 amide bonds. The van der Waals surface area contributed by atoms with Gasteiger partial charge in [-0.1, -0.05) is 0 Å². The molecule has 0 spiro atoms. The van der Waals surface area contributed by atoms with Crippen molar-refractivity contribution in [2.75, 3.05) is 0 Å². The Kier molecular flexibility index (Phi) is 3.56. The predicted molar refractivity (Wildman–Crippen MR) is 85.7 cm³/mol. The van der Waals surface area contributed by atoms with Crippen molar-refractivity contribution in [3.8, 4) is 5.95 Å². The molecule has 0 bridgehead atoms. The zero-order valence-electron chi connectivity index (χ0n) is 12.9. The molecule has 3 heterocycles. The number of H-pyrrole nitrogens is 1. The molecule has 3 aromatic rings. The number of rotatable bonds is 3. The number of carbonyl (C=O) groups is 2. The zero-order valence-corrected chi connectivity index (χ0v) is 12.9. The van der Waals surface area contributed by atoms with E-state index >= 15 is 0 Å². The SMILES string of the molecule is O=C1CCC(NC(=O)c2nc(-n3ccnc3)nc3cc[nH]c23)CC1. The van der Waals surface area contributed by atoms with Crippen molar-refractivity contribution in [3.05, 3.63) is 36.7 Å². The molecule has 0 unspecified atom stereocenters. The fourth-order valence-corrected chi connectivity index (χ4v) is 2.93. The van der Waals surface area contributed by atoms with Gasteiger partial charge in [-0.3, -0.25) is 14.2 Å². The van der Waals surface area contributed by atoms with Crippen molar-refractivity contribution in [2.45, 2.75) is 31.7 Å². The molecular weight excluding hydrogens is 308 g/mol. The summed E-state index contributed by atoms with van der Waals surface area (Å²) in [7, 11) is 0. The van der Waals surface area contributed by atoms with Crippen LogP contribution in [0.2, 0.25) is 0 Å². The molecule has 2 N–H and O–H groups in total. The van der Waals surface area contributed by atoms with Crippen molar-refractivity contribution >= 4 is 22.7 Å². The van der Waals surface area contributed by atoms with Crippen LogP contribution in [0.5, 0.6) is 0 Å². The van der Waals surface area contributed by atoms with Crippen LogP contribution in [0.25, 0.3) is 17.0 Å². The van der Waals surface area contributed by atoms with E-state index in [1.165, 1.54) is 0 Å². The van der Waals surface area contributed by atoms with Gasteiger partial charge in [0.15, 0.2) is 5.69 Å². The molecule has 3 aromatic heterocycles. The first-order valence-corrected chi connectivity index (χ1v) is 7.87. The van der Waals surface area contributed by atoms with E-state index in [2.05, 4.69) is 25.3 Å². The van der Waals surface area contributed by atoms with Crippen LogP contribution in [-0.2, 0) is 4.79 Å². The van der Waals surface area contributed by atoms with E-state index in [1.807, 2.05) is 0 Å². The van der Waals surface area contributed by atoms with Crippen LogP contribution in [0.15, 0.2) is 31.0 Å². The van der Waals surface area contributed by atoms with Gasteiger partial charge in [0.2, 0.25) is 5.95 Å². The number of fused-ring (bicyclic) bond motifs is 1. The van der Waals surface area contributed by atoms with Crippen molar-refractivity contribution < 1.29 is 9.59 Å². The van der Waals surface area contributed by atoms with Gasteiger partial charge in [-0.2, -0.15) is 0 Å². The molecule has 0 aromatic carbocycles. The van der Waals surface area contributed by atoms with Gasteiger partial charge in [0, 0.05) is 37.5 Å².